The molecule has 0 aliphatic rings. The van der Waals surface area contributed by atoms with E-state index in [1.807, 2.05) is 27.7 Å². The van der Waals surface area contributed by atoms with E-state index in [2.05, 4.69) is 4.98 Å². The third-order valence-corrected chi connectivity index (χ3v) is 6.72. The average Bonchev–Trinajstić information content (AvgIpc) is 2.87. The standard InChI is InChI=1S/C30H39ClFNO7/c1-8-20(9-2)28(40-24-15-22(31)14-23(32)16-24)18(5)38-30(36)21(12-17(3)4)13-25(35)27-29(39-19(6)34)26(37-7)10-11-33-27/h10-11,14-18,20-21,28H,8-9,12-13H2,1-7H3/t18-,21+,28+/m0/s1. The minimum absolute atomic E-state index is 0.00212. The molecule has 3 atom stereocenters. The van der Waals surface area contributed by atoms with Crippen LogP contribution in [0.5, 0.6) is 17.2 Å². The number of pyridine rings is 1. The first kappa shape index (κ1) is 33.0. The van der Waals surface area contributed by atoms with Crippen LogP contribution in [0, 0.1) is 23.6 Å². The Hall–Kier alpha value is -3.20. The van der Waals surface area contributed by atoms with E-state index >= 15 is 0 Å². The van der Waals surface area contributed by atoms with Crippen LogP contribution in [-0.2, 0) is 14.3 Å². The van der Waals surface area contributed by atoms with Gasteiger partial charge in [0, 0.05) is 36.7 Å². The summed E-state index contributed by atoms with van der Waals surface area (Å²) in [7, 11) is 1.38. The van der Waals surface area contributed by atoms with Crippen molar-refractivity contribution in [3.05, 3.63) is 47.0 Å². The number of nitrogens with zero attached hydrogens (tertiary/aromatic N) is 1. The van der Waals surface area contributed by atoms with Crippen molar-refractivity contribution in [3.8, 4) is 17.2 Å². The average molecular weight is 580 g/mol. The van der Waals surface area contributed by atoms with E-state index in [4.69, 9.17) is 30.5 Å². The molecule has 0 aliphatic carbocycles. The quantitative estimate of drug-likeness (QED) is 0.167. The summed E-state index contributed by atoms with van der Waals surface area (Å²) in [5.74, 6) is -2.63. The summed E-state index contributed by atoms with van der Waals surface area (Å²) in [5, 5.41) is 0.192. The lowest BCUT2D eigenvalue weighted by Gasteiger charge is -2.32. The molecule has 40 heavy (non-hydrogen) atoms. The summed E-state index contributed by atoms with van der Waals surface area (Å²) in [6, 6.07) is 5.40. The van der Waals surface area contributed by atoms with Gasteiger partial charge in [-0.25, -0.2) is 9.37 Å². The number of methoxy groups -OCH3 is 1. The molecule has 10 heteroatoms. The maximum absolute atomic E-state index is 14.0. The van der Waals surface area contributed by atoms with Gasteiger partial charge < -0.3 is 18.9 Å². The molecule has 2 aromatic rings. The topological polar surface area (TPSA) is 101 Å². The second kappa shape index (κ2) is 15.6. The highest BCUT2D eigenvalue weighted by molar-refractivity contribution is 6.30. The van der Waals surface area contributed by atoms with Crippen LogP contribution in [0.25, 0.3) is 0 Å². The van der Waals surface area contributed by atoms with Crippen molar-refractivity contribution in [2.45, 2.75) is 79.4 Å². The minimum Gasteiger partial charge on any atom is -0.493 e. The van der Waals surface area contributed by atoms with Crippen LogP contribution in [0.1, 0.15) is 77.7 Å². The molecule has 8 nitrogen and oxygen atoms in total. The van der Waals surface area contributed by atoms with Gasteiger partial charge in [-0.3, -0.25) is 14.4 Å². The van der Waals surface area contributed by atoms with Crippen LogP contribution in [0.3, 0.4) is 0 Å². The molecule has 2 rings (SSSR count). The Labute approximate surface area is 240 Å². The van der Waals surface area contributed by atoms with Crippen molar-refractivity contribution in [1.29, 1.82) is 0 Å². The predicted octanol–water partition coefficient (Wildman–Crippen LogP) is 6.86. The van der Waals surface area contributed by atoms with Gasteiger partial charge in [0.25, 0.3) is 0 Å². The van der Waals surface area contributed by atoms with Gasteiger partial charge in [0.15, 0.2) is 17.2 Å². The fourth-order valence-electron chi connectivity index (χ4n) is 4.61. The Bertz CT molecular complexity index is 1150. The van der Waals surface area contributed by atoms with Crippen molar-refractivity contribution in [1.82, 2.24) is 4.98 Å². The molecular formula is C30H39ClFNO7. The van der Waals surface area contributed by atoms with Gasteiger partial charge in [0.1, 0.15) is 23.8 Å². The number of ether oxygens (including phenoxy) is 4. The first-order chi connectivity index (χ1) is 18.9. The molecule has 0 fully saturated rings. The summed E-state index contributed by atoms with van der Waals surface area (Å²) in [6.45, 7) is 10.8. The maximum atomic E-state index is 14.0. The van der Waals surface area contributed by atoms with Crippen molar-refractivity contribution in [2.24, 2.45) is 17.8 Å². The predicted molar refractivity (Wildman–Crippen MR) is 149 cm³/mol. The van der Waals surface area contributed by atoms with Gasteiger partial charge in [0.05, 0.1) is 13.0 Å². The van der Waals surface area contributed by atoms with Crippen molar-refractivity contribution < 1.29 is 37.7 Å². The SMILES string of the molecule is CCC(CC)[C@H](Oc1cc(F)cc(Cl)c1)[C@H](C)OC(=O)[C@@H](CC(=O)c1nccc(OC)c1OC(C)=O)CC(C)C. The zero-order valence-electron chi connectivity index (χ0n) is 24.2. The molecule has 1 heterocycles. The molecule has 0 N–H and O–H groups in total. The molecule has 1 aromatic heterocycles. The summed E-state index contributed by atoms with van der Waals surface area (Å²) in [6.07, 6.45) is 1.71. The fourth-order valence-corrected chi connectivity index (χ4v) is 4.83. The third kappa shape index (κ3) is 9.47. The number of carbonyl (C=O) groups is 3. The van der Waals surface area contributed by atoms with E-state index < -0.39 is 41.7 Å². The zero-order valence-corrected chi connectivity index (χ0v) is 24.9. The number of aromatic nitrogens is 1. The number of benzene rings is 1. The fraction of sp³-hybridized carbons (Fsp3) is 0.533. The van der Waals surface area contributed by atoms with Gasteiger partial charge in [-0.2, -0.15) is 0 Å². The molecule has 0 saturated heterocycles. The Kier molecular flexibility index (Phi) is 12.8. The van der Waals surface area contributed by atoms with Gasteiger partial charge in [-0.05, 0) is 50.2 Å². The lowest BCUT2D eigenvalue weighted by Crippen LogP contribution is -2.41. The monoisotopic (exact) mass is 579 g/mol. The van der Waals surface area contributed by atoms with E-state index in [-0.39, 0.29) is 46.2 Å². The van der Waals surface area contributed by atoms with E-state index in [9.17, 15) is 18.8 Å². The van der Waals surface area contributed by atoms with Crippen LogP contribution in [0.2, 0.25) is 5.02 Å². The maximum Gasteiger partial charge on any atom is 0.309 e. The Balaban J connectivity index is 2.30. The second-order valence-electron chi connectivity index (χ2n) is 10.1. The number of halogens is 2. The van der Waals surface area contributed by atoms with Crippen molar-refractivity contribution >= 4 is 29.3 Å². The number of hydrogen-bond acceptors (Lipinski definition) is 8. The molecule has 220 valence electrons. The molecule has 0 spiro atoms. The Morgan fingerprint density at radius 2 is 1.75 bits per heavy atom. The first-order valence-corrected chi connectivity index (χ1v) is 13.9. The number of carbonyl (C=O) groups excluding carboxylic acids is 3. The smallest absolute Gasteiger partial charge is 0.309 e. The summed E-state index contributed by atoms with van der Waals surface area (Å²) >= 11 is 6.01. The molecule has 0 unspecified atom stereocenters. The Morgan fingerprint density at radius 3 is 2.30 bits per heavy atom. The van der Waals surface area contributed by atoms with E-state index in [0.29, 0.717) is 6.42 Å². The highest BCUT2D eigenvalue weighted by atomic mass is 35.5. The molecular weight excluding hydrogens is 541 g/mol. The molecule has 0 saturated carbocycles. The highest BCUT2D eigenvalue weighted by Gasteiger charge is 2.34. The number of hydrogen-bond donors (Lipinski definition) is 0. The molecule has 0 aliphatic heterocycles. The van der Waals surface area contributed by atoms with Crippen LogP contribution < -0.4 is 14.2 Å². The minimum atomic E-state index is -0.793. The van der Waals surface area contributed by atoms with Crippen LogP contribution in [-0.4, -0.2) is 42.0 Å². The number of ketones is 1. The number of Topliss-reactive ketones (excluding diaryl/α,β-unsaturated/α-hetero) is 1. The third-order valence-electron chi connectivity index (χ3n) is 6.51. The largest absolute Gasteiger partial charge is 0.493 e. The van der Waals surface area contributed by atoms with Gasteiger partial charge in [0.2, 0.25) is 5.75 Å². The molecule has 0 radical (unpaired) electrons. The van der Waals surface area contributed by atoms with Gasteiger partial charge >= 0.3 is 11.9 Å². The van der Waals surface area contributed by atoms with E-state index in [0.717, 1.165) is 12.8 Å². The molecule has 0 amide bonds. The van der Waals surface area contributed by atoms with Crippen molar-refractivity contribution in [3.63, 3.8) is 0 Å². The highest BCUT2D eigenvalue weighted by Crippen LogP contribution is 2.33. The second-order valence-corrected chi connectivity index (χ2v) is 10.6. The van der Waals surface area contributed by atoms with E-state index in [1.165, 1.54) is 44.5 Å². The number of esters is 2. The van der Waals surface area contributed by atoms with Crippen molar-refractivity contribution in [2.75, 3.05) is 7.11 Å². The first-order valence-electron chi connectivity index (χ1n) is 13.5. The zero-order chi connectivity index (χ0) is 30.0. The van der Waals surface area contributed by atoms with E-state index in [1.54, 1.807) is 6.92 Å². The van der Waals surface area contributed by atoms with Gasteiger partial charge in [-0.15, -0.1) is 0 Å². The lowest BCUT2D eigenvalue weighted by atomic mass is 9.90. The Morgan fingerprint density at radius 1 is 1.07 bits per heavy atom. The summed E-state index contributed by atoms with van der Waals surface area (Å²) in [4.78, 5) is 42.6. The normalized spacial score (nSPS) is 13.5. The molecule has 0 bridgehead atoms. The lowest BCUT2D eigenvalue weighted by molar-refractivity contribution is -0.160. The van der Waals surface area contributed by atoms with Gasteiger partial charge in [-0.1, -0.05) is 39.3 Å². The van der Waals surface area contributed by atoms with Crippen LogP contribution in [0.4, 0.5) is 4.39 Å². The number of rotatable bonds is 15. The van der Waals surface area contributed by atoms with Crippen LogP contribution in [0.15, 0.2) is 30.5 Å². The summed E-state index contributed by atoms with van der Waals surface area (Å²) < 4.78 is 36.4. The molecule has 1 aromatic carbocycles. The van der Waals surface area contributed by atoms with Crippen LogP contribution >= 0.6 is 11.6 Å². The summed E-state index contributed by atoms with van der Waals surface area (Å²) in [5.41, 5.74) is -0.106.